The van der Waals surface area contributed by atoms with Gasteiger partial charge in [-0.2, -0.15) is 0 Å². The fraction of sp³-hybridized carbons (Fsp3) is 0.636. The van der Waals surface area contributed by atoms with Crippen LogP contribution >= 0.6 is 23.2 Å². The summed E-state index contributed by atoms with van der Waals surface area (Å²) in [5.41, 5.74) is 1.15. The first-order valence-electron chi connectivity index (χ1n) is 5.41. The quantitative estimate of drug-likeness (QED) is 0.866. The summed E-state index contributed by atoms with van der Waals surface area (Å²) in [4.78, 5) is 0. The molecule has 1 aliphatic carbocycles. The zero-order chi connectivity index (χ0) is 10.8. The van der Waals surface area contributed by atoms with Gasteiger partial charge >= 0.3 is 0 Å². The summed E-state index contributed by atoms with van der Waals surface area (Å²) in [5, 5.41) is 4.81. The van der Waals surface area contributed by atoms with Gasteiger partial charge in [0.25, 0.3) is 0 Å². The van der Waals surface area contributed by atoms with Gasteiger partial charge in [-0.25, -0.2) is 0 Å². The SMILES string of the molecule is Cn1c(CNC2CCCC2)cc(Cl)c1Cl. The maximum absolute atomic E-state index is 6.00. The van der Waals surface area contributed by atoms with Gasteiger partial charge < -0.3 is 9.88 Å². The van der Waals surface area contributed by atoms with Crippen molar-refractivity contribution in [2.24, 2.45) is 7.05 Å². The summed E-state index contributed by atoms with van der Waals surface area (Å²) >= 11 is 11.9. The molecule has 1 aromatic rings. The molecule has 1 N–H and O–H groups in total. The summed E-state index contributed by atoms with van der Waals surface area (Å²) in [7, 11) is 1.94. The second-order valence-electron chi connectivity index (χ2n) is 4.20. The Kier molecular flexibility index (Phi) is 3.60. The van der Waals surface area contributed by atoms with Gasteiger partial charge in [-0.1, -0.05) is 36.0 Å². The van der Waals surface area contributed by atoms with Crippen LogP contribution in [0.15, 0.2) is 6.07 Å². The highest BCUT2D eigenvalue weighted by Crippen LogP contribution is 2.25. The number of nitrogens with one attached hydrogen (secondary N) is 1. The first kappa shape index (κ1) is 11.3. The van der Waals surface area contributed by atoms with Gasteiger partial charge in [-0.15, -0.1) is 0 Å². The van der Waals surface area contributed by atoms with Gasteiger partial charge in [0.15, 0.2) is 0 Å². The topological polar surface area (TPSA) is 17.0 Å². The minimum Gasteiger partial charge on any atom is -0.336 e. The summed E-state index contributed by atoms with van der Waals surface area (Å²) < 4.78 is 1.94. The predicted octanol–water partition coefficient (Wildman–Crippen LogP) is 3.36. The molecule has 1 aliphatic rings. The van der Waals surface area contributed by atoms with Crippen LogP contribution in [0.3, 0.4) is 0 Å². The molecule has 1 aromatic heterocycles. The van der Waals surface area contributed by atoms with E-state index in [-0.39, 0.29) is 0 Å². The zero-order valence-electron chi connectivity index (χ0n) is 8.89. The highest BCUT2D eigenvalue weighted by molar-refractivity contribution is 6.41. The van der Waals surface area contributed by atoms with Crippen molar-refractivity contribution in [3.8, 4) is 0 Å². The van der Waals surface area contributed by atoms with Crippen LogP contribution in [0, 0.1) is 0 Å². The van der Waals surface area contributed by atoms with E-state index < -0.39 is 0 Å². The molecule has 0 amide bonds. The lowest BCUT2D eigenvalue weighted by molar-refractivity contribution is 0.513. The third kappa shape index (κ3) is 2.49. The van der Waals surface area contributed by atoms with Crippen LogP contribution in [0.1, 0.15) is 31.4 Å². The van der Waals surface area contributed by atoms with Gasteiger partial charge in [-0.05, 0) is 18.9 Å². The third-order valence-corrected chi connectivity index (χ3v) is 3.98. The smallest absolute Gasteiger partial charge is 0.127 e. The molecule has 0 saturated heterocycles. The lowest BCUT2D eigenvalue weighted by Gasteiger charge is -2.12. The highest BCUT2D eigenvalue weighted by Gasteiger charge is 2.15. The Morgan fingerprint density at radius 1 is 1.40 bits per heavy atom. The lowest BCUT2D eigenvalue weighted by atomic mass is 10.2. The van der Waals surface area contributed by atoms with E-state index in [2.05, 4.69) is 5.32 Å². The Morgan fingerprint density at radius 3 is 2.60 bits per heavy atom. The number of hydrogen-bond acceptors (Lipinski definition) is 1. The molecule has 4 heteroatoms. The monoisotopic (exact) mass is 246 g/mol. The van der Waals surface area contributed by atoms with E-state index in [9.17, 15) is 0 Å². The van der Waals surface area contributed by atoms with E-state index in [0.717, 1.165) is 12.2 Å². The molecule has 0 bridgehead atoms. The first-order valence-corrected chi connectivity index (χ1v) is 6.17. The first-order chi connectivity index (χ1) is 7.18. The standard InChI is InChI=1S/C11H16Cl2N2/c1-15-9(6-10(12)11(15)13)7-14-8-4-2-3-5-8/h6,8,14H,2-5,7H2,1H3. The summed E-state index contributed by atoms with van der Waals surface area (Å²) in [5.74, 6) is 0. The lowest BCUT2D eigenvalue weighted by Crippen LogP contribution is -2.26. The normalized spacial score (nSPS) is 17.5. The van der Waals surface area contributed by atoms with Crippen LogP contribution in [0.4, 0.5) is 0 Å². The van der Waals surface area contributed by atoms with E-state index in [1.807, 2.05) is 17.7 Å². The minimum absolute atomic E-state index is 0.625. The Hall–Kier alpha value is -0.180. The van der Waals surface area contributed by atoms with Crippen LogP contribution in [-0.2, 0) is 13.6 Å². The highest BCUT2D eigenvalue weighted by atomic mass is 35.5. The molecule has 1 heterocycles. The van der Waals surface area contributed by atoms with Crippen LogP contribution in [-0.4, -0.2) is 10.6 Å². The van der Waals surface area contributed by atoms with Gasteiger partial charge in [0.2, 0.25) is 0 Å². The molecule has 84 valence electrons. The summed E-state index contributed by atoms with van der Waals surface area (Å²) in [6, 6.07) is 2.61. The van der Waals surface area contributed by atoms with E-state index in [1.54, 1.807) is 0 Å². The van der Waals surface area contributed by atoms with Crippen molar-refractivity contribution in [1.29, 1.82) is 0 Å². The molecule has 0 atom stereocenters. The van der Waals surface area contributed by atoms with Crippen molar-refractivity contribution < 1.29 is 0 Å². The van der Waals surface area contributed by atoms with E-state index in [1.165, 1.54) is 25.7 Å². The van der Waals surface area contributed by atoms with Gasteiger partial charge in [-0.3, -0.25) is 0 Å². The zero-order valence-corrected chi connectivity index (χ0v) is 10.4. The maximum Gasteiger partial charge on any atom is 0.127 e. The Morgan fingerprint density at radius 2 is 2.07 bits per heavy atom. The van der Waals surface area contributed by atoms with Crippen LogP contribution in [0.25, 0.3) is 0 Å². The number of aromatic nitrogens is 1. The maximum atomic E-state index is 6.00. The second-order valence-corrected chi connectivity index (χ2v) is 4.96. The Labute approximate surface area is 101 Å². The van der Waals surface area contributed by atoms with E-state index >= 15 is 0 Å². The largest absolute Gasteiger partial charge is 0.336 e. The van der Waals surface area contributed by atoms with Gasteiger partial charge in [0.1, 0.15) is 5.15 Å². The molecule has 2 nitrogen and oxygen atoms in total. The number of halogens is 2. The molecule has 1 fully saturated rings. The number of hydrogen-bond donors (Lipinski definition) is 1. The van der Waals surface area contributed by atoms with Crippen molar-refractivity contribution in [2.45, 2.75) is 38.3 Å². The van der Waals surface area contributed by atoms with Crippen molar-refractivity contribution in [2.75, 3.05) is 0 Å². The predicted molar refractivity (Wildman–Crippen MR) is 64.5 cm³/mol. The third-order valence-electron chi connectivity index (χ3n) is 3.14. The number of nitrogens with zero attached hydrogens (tertiary/aromatic N) is 1. The molecular weight excluding hydrogens is 231 g/mol. The average molecular weight is 247 g/mol. The number of rotatable bonds is 3. The molecule has 0 radical (unpaired) electrons. The molecule has 2 rings (SSSR count). The van der Waals surface area contributed by atoms with Crippen LogP contribution < -0.4 is 5.32 Å². The van der Waals surface area contributed by atoms with Crippen molar-refractivity contribution in [3.05, 3.63) is 21.9 Å². The molecule has 15 heavy (non-hydrogen) atoms. The van der Waals surface area contributed by atoms with E-state index in [0.29, 0.717) is 16.2 Å². The molecule has 0 spiro atoms. The van der Waals surface area contributed by atoms with Crippen molar-refractivity contribution in [3.63, 3.8) is 0 Å². The molecule has 0 aromatic carbocycles. The average Bonchev–Trinajstić information content (AvgIpc) is 2.80. The molecule has 1 saturated carbocycles. The molecule has 0 aliphatic heterocycles. The Bertz CT molecular complexity index is 341. The van der Waals surface area contributed by atoms with Crippen LogP contribution in [0.5, 0.6) is 0 Å². The van der Waals surface area contributed by atoms with Gasteiger partial charge in [0, 0.05) is 25.3 Å². The fourth-order valence-electron chi connectivity index (χ4n) is 2.14. The van der Waals surface area contributed by atoms with E-state index in [4.69, 9.17) is 23.2 Å². The molecular formula is C11H16Cl2N2. The minimum atomic E-state index is 0.625. The van der Waals surface area contributed by atoms with Crippen molar-refractivity contribution >= 4 is 23.2 Å². The second kappa shape index (κ2) is 4.77. The van der Waals surface area contributed by atoms with Gasteiger partial charge in [0.05, 0.1) is 5.02 Å². The van der Waals surface area contributed by atoms with Crippen LogP contribution in [0.2, 0.25) is 10.2 Å². The summed E-state index contributed by atoms with van der Waals surface area (Å²) in [6.07, 6.45) is 5.30. The summed E-state index contributed by atoms with van der Waals surface area (Å²) in [6.45, 7) is 0.855. The molecule has 0 unspecified atom stereocenters. The van der Waals surface area contributed by atoms with Crippen molar-refractivity contribution in [1.82, 2.24) is 9.88 Å². The fourth-order valence-corrected chi connectivity index (χ4v) is 2.55. The Balaban J connectivity index is 1.95.